The number of carbonyl (C=O) groups is 1. The summed E-state index contributed by atoms with van der Waals surface area (Å²) in [5, 5.41) is 0. The number of carbonyl (C=O) groups excluding carboxylic acids is 1. The van der Waals surface area contributed by atoms with Crippen LogP contribution in [0.4, 0.5) is 0 Å². The van der Waals surface area contributed by atoms with Crippen LogP contribution >= 0.6 is 0 Å². The highest BCUT2D eigenvalue weighted by Crippen LogP contribution is 2.23. The highest BCUT2D eigenvalue weighted by atomic mass is 16.1. The smallest absolute Gasteiger partial charge is 0.120 e. The van der Waals surface area contributed by atoms with Gasteiger partial charge in [0, 0.05) is 6.42 Å². The summed E-state index contributed by atoms with van der Waals surface area (Å²) < 4.78 is 0. The van der Waals surface area contributed by atoms with Crippen molar-refractivity contribution in [3.05, 3.63) is 11.6 Å². The van der Waals surface area contributed by atoms with Crippen molar-refractivity contribution in [3.63, 3.8) is 0 Å². The normalized spacial score (nSPS) is 16.2. The number of aldehydes is 1. The van der Waals surface area contributed by atoms with E-state index in [1.807, 2.05) is 0 Å². The Labute approximate surface area is 101 Å². The Kier molecular flexibility index (Phi) is 8.23. The largest absolute Gasteiger partial charge is 0.303 e. The molecule has 0 fully saturated rings. The summed E-state index contributed by atoms with van der Waals surface area (Å²) in [5.74, 6) is 1.84. The van der Waals surface area contributed by atoms with Crippen molar-refractivity contribution in [1.82, 2.24) is 0 Å². The first-order chi connectivity index (χ1) is 7.54. The van der Waals surface area contributed by atoms with Crippen molar-refractivity contribution >= 4 is 6.29 Å². The Morgan fingerprint density at radius 2 is 1.75 bits per heavy atom. The van der Waals surface area contributed by atoms with E-state index in [1.54, 1.807) is 0 Å². The molecule has 0 radical (unpaired) electrons. The fraction of sp³-hybridized carbons (Fsp3) is 0.800. The Hall–Kier alpha value is -0.590. The summed E-state index contributed by atoms with van der Waals surface area (Å²) in [6.45, 7) is 11.2. The maximum absolute atomic E-state index is 10.4. The van der Waals surface area contributed by atoms with Crippen LogP contribution < -0.4 is 0 Å². The monoisotopic (exact) mass is 224 g/mol. The second kappa shape index (κ2) is 8.55. The van der Waals surface area contributed by atoms with Crippen LogP contribution in [-0.2, 0) is 4.79 Å². The van der Waals surface area contributed by atoms with Gasteiger partial charge in [-0.3, -0.25) is 0 Å². The van der Waals surface area contributed by atoms with Gasteiger partial charge in [-0.2, -0.15) is 0 Å². The van der Waals surface area contributed by atoms with Crippen LogP contribution in [0.2, 0.25) is 0 Å². The molecule has 0 heterocycles. The Balaban J connectivity index is 4.24. The molecule has 0 aromatic carbocycles. The zero-order valence-corrected chi connectivity index (χ0v) is 11.6. The average Bonchev–Trinajstić information content (AvgIpc) is 2.25. The molecule has 0 aliphatic rings. The van der Waals surface area contributed by atoms with E-state index in [-0.39, 0.29) is 0 Å². The molecule has 0 aliphatic heterocycles. The van der Waals surface area contributed by atoms with Gasteiger partial charge in [-0.25, -0.2) is 0 Å². The van der Waals surface area contributed by atoms with Crippen LogP contribution in [0.1, 0.15) is 60.3 Å². The summed E-state index contributed by atoms with van der Waals surface area (Å²) in [6, 6.07) is 0. The van der Waals surface area contributed by atoms with E-state index < -0.39 is 0 Å². The van der Waals surface area contributed by atoms with E-state index in [0.717, 1.165) is 18.6 Å². The lowest BCUT2D eigenvalue weighted by molar-refractivity contribution is -0.108. The van der Waals surface area contributed by atoms with Gasteiger partial charge in [0.1, 0.15) is 6.29 Å². The molecule has 0 aromatic rings. The Morgan fingerprint density at radius 3 is 2.19 bits per heavy atom. The van der Waals surface area contributed by atoms with Gasteiger partial charge in [-0.1, -0.05) is 39.3 Å². The van der Waals surface area contributed by atoms with Gasteiger partial charge in [-0.05, 0) is 43.9 Å². The first-order valence-corrected chi connectivity index (χ1v) is 6.66. The zero-order chi connectivity index (χ0) is 12.6. The van der Waals surface area contributed by atoms with Crippen molar-refractivity contribution in [3.8, 4) is 0 Å². The molecule has 2 atom stereocenters. The number of allylic oxidation sites excluding steroid dienone is 2. The first kappa shape index (κ1) is 15.4. The van der Waals surface area contributed by atoms with Gasteiger partial charge in [0.2, 0.25) is 0 Å². The van der Waals surface area contributed by atoms with Crippen molar-refractivity contribution in [1.29, 1.82) is 0 Å². The van der Waals surface area contributed by atoms with Gasteiger partial charge >= 0.3 is 0 Å². The average molecular weight is 224 g/mol. The molecule has 0 N–H and O–H groups in total. The second-order valence-corrected chi connectivity index (χ2v) is 5.13. The maximum atomic E-state index is 10.4. The maximum Gasteiger partial charge on any atom is 0.120 e. The third kappa shape index (κ3) is 6.09. The third-order valence-corrected chi connectivity index (χ3v) is 3.58. The minimum absolute atomic E-state index is 0.512. The minimum Gasteiger partial charge on any atom is -0.303 e. The van der Waals surface area contributed by atoms with Gasteiger partial charge in [0.05, 0.1) is 0 Å². The van der Waals surface area contributed by atoms with Crippen LogP contribution in [0.3, 0.4) is 0 Å². The summed E-state index contributed by atoms with van der Waals surface area (Å²) in [6.07, 6.45) is 7.74. The van der Waals surface area contributed by atoms with E-state index >= 15 is 0 Å². The van der Waals surface area contributed by atoms with E-state index in [9.17, 15) is 4.79 Å². The lowest BCUT2D eigenvalue weighted by Gasteiger charge is -2.18. The van der Waals surface area contributed by atoms with Gasteiger partial charge in [-0.15, -0.1) is 0 Å². The van der Waals surface area contributed by atoms with Crippen molar-refractivity contribution < 1.29 is 4.79 Å². The molecule has 0 saturated carbocycles. The molecule has 94 valence electrons. The van der Waals surface area contributed by atoms with Crippen LogP contribution in [0.15, 0.2) is 11.6 Å². The van der Waals surface area contributed by atoms with Crippen molar-refractivity contribution in [2.45, 2.75) is 60.3 Å². The Bertz CT molecular complexity index is 213. The highest BCUT2D eigenvalue weighted by Gasteiger charge is 2.11. The lowest BCUT2D eigenvalue weighted by Crippen LogP contribution is -2.06. The molecule has 0 aliphatic carbocycles. The lowest BCUT2D eigenvalue weighted by atomic mass is 9.88. The van der Waals surface area contributed by atoms with Crippen molar-refractivity contribution in [2.75, 3.05) is 0 Å². The molecule has 0 spiro atoms. The van der Waals surface area contributed by atoms with Crippen LogP contribution in [0.5, 0.6) is 0 Å². The molecule has 0 aromatic heterocycles. The van der Waals surface area contributed by atoms with Crippen molar-refractivity contribution in [2.24, 2.45) is 17.8 Å². The minimum atomic E-state index is 0.512. The summed E-state index contributed by atoms with van der Waals surface area (Å²) in [5.41, 5.74) is 1.49. The first-order valence-electron chi connectivity index (χ1n) is 6.66. The SMILES string of the molecule is CCC(/C=C(/C)[C@@H](C)C[C@@H](C)CC=O)CC. The van der Waals surface area contributed by atoms with Crippen LogP contribution in [0.25, 0.3) is 0 Å². The predicted octanol–water partition coefficient (Wildman–Crippen LogP) is 4.62. The van der Waals surface area contributed by atoms with Gasteiger partial charge < -0.3 is 4.79 Å². The molecular formula is C15H28O. The fourth-order valence-electron chi connectivity index (χ4n) is 2.11. The molecular weight excluding hydrogens is 196 g/mol. The summed E-state index contributed by atoms with van der Waals surface area (Å²) >= 11 is 0. The van der Waals surface area contributed by atoms with Crippen LogP contribution in [-0.4, -0.2) is 6.29 Å². The highest BCUT2D eigenvalue weighted by molar-refractivity contribution is 5.49. The second-order valence-electron chi connectivity index (χ2n) is 5.13. The molecule has 0 bridgehead atoms. The molecule has 16 heavy (non-hydrogen) atoms. The van der Waals surface area contributed by atoms with Crippen LogP contribution in [0, 0.1) is 17.8 Å². The third-order valence-electron chi connectivity index (χ3n) is 3.58. The zero-order valence-electron chi connectivity index (χ0n) is 11.6. The Morgan fingerprint density at radius 1 is 1.19 bits per heavy atom. The van der Waals surface area contributed by atoms with E-state index in [2.05, 4.69) is 40.7 Å². The molecule has 1 heteroatoms. The summed E-state index contributed by atoms with van der Waals surface area (Å²) in [4.78, 5) is 10.4. The van der Waals surface area contributed by atoms with Gasteiger partial charge in [0.25, 0.3) is 0 Å². The molecule has 0 saturated heterocycles. The number of rotatable bonds is 8. The number of hydrogen-bond donors (Lipinski definition) is 0. The molecule has 0 rings (SSSR count). The van der Waals surface area contributed by atoms with E-state index in [0.29, 0.717) is 18.3 Å². The quantitative estimate of drug-likeness (QED) is 0.434. The topological polar surface area (TPSA) is 17.1 Å². The summed E-state index contributed by atoms with van der Waals surface area (Å²) in [7, 11) is 0. The molecule has 0 amide bonds. The predicted molar refractivity (Wildman–Crippen MR) is 71.5 cm³/mol. The van der Waals surface area contributed by atoms with Gasteiger partial charge in [0.15, 0.2) is 0 Å². The standard InChI is InChI=1S/C15H28O/c1-6-15(7-2)11-14(5)13(4)10-12(3)8-9-16/h9,11-13,15H,6-8,10H2,1-5H3/b14-11-/t12-,13-/m0/s1. The molecule has 1 nitrogen and oxygen atoms in total. The van der Waals surface area contributed by atoms with E-state index in [4.69, 9.17) is 0 Å². The van der Waals surface area contributed by atoms with E-state index in [1.165, 1.54) is 18.4 Å². The molecule has 0 unspecified atom stereocenters. The fourth-order valence-corrected chi connectivity index (χ4v) is 2.11. The number of hydrogen-bond acceptors (Lipinski definition) is 1.